The lowest BCUT2D eigenvalue weighted by atomic mass is 9.98. The highest BCUT2D eigenvalue weighted by Gasteiger charge is 2.25. The van der Waals surface area contributed by atoms with Gasteiger partial charge in [-0.2, -0.15) is 5.26 Å². The largest absolute Gasteiger partial charge is 0.442 e. The molecule has 0 fully saturated rings. The number of nitrogens with one attached hydrogen (secondary N) is 2. The highest BCUT2D eigenvalue weighted by molar-refractivity contribution is 6.36. The zero-order valence-corrected chi connectivity index (χ0v) is 25.7. The molecule has 2 N–H and O–H groups in total. The minimum Gasteiger partial charge on any atom is -0.442 e. The molecule has 0 spiro atoms. The molecule has 13 heteroatoms. The number of carbonyl (C=O) groups excluding carboxylic acids is 1. The normalized spacial score (nSPS) is 12.0. The fourth-order valence-electron chi connectivity index (χ4n) is 4.41. The molecule has 1 atom stereocenters. The van der Waals surface area contributed by atoms with Gasteiger partial charge in [-0.3, -0.25) is 14.8 Å². The van der Waals surface area contributed by atoms with Crippen molar-refractivity contribution in [1.82, 2.24) is 25.0 Å². The number of hydrogen-bond acceptors (Lipinski definition) is 9. The van der Waals surface area contributed by atoms with E-state index in [0.29, 0.717) is 38.7 Å². The number of hydrogen-bond donors (Lipinski definition) is 2. The van der Waals surface area contributed by atoms with E-state index in [4.69, 9.17) is 27.9 Å². The average molecular weight is 634 g/mol. The minimum atomic E-state index is -0.660. The second-order valence-corrected chi connectivity index (χ2v) is 11.8. The third-order valence-electron chi connectivity index (χ3n) is 6.70. The second kappa shape index (κ2) is 12.4. The molecular formula is C31H27Cl2FN8O2. The molecule has 44 heavy (non-hydrogen) atoms. The number of nitrogens with zero attached hydrogens (tertiary/aromatic N) is 6. The first-order valence-corrected chi connectivity index (χ1v) is 14.2. The highest BCUT2D eigenvalue weighted by atomic mass is 35.5. The van der Waals surface area contributed by atoms with Crippen LogP contribution in [0.25, 0.3) is 10.9 Å². The van der Waals surface area contributed by atoms with Gasteiger partial charge in [0.2, 0.25) is 0 Å². The SMILES string of the molecule is Cc1ncccc1[C@H](Nc1cc(Cl)c2ncc(C#N)c(Nc3ccc(F)c(Cl)c3)c2c1)c1cn(COC(=O)C(C)(C)C)nn1. The van der Waals surface area contributed by atoms with Crippen LogP contribution < -0.4 is 10.6 Å². The number of pyridine rings is 2. The molecule has 0 aliphatic rings. The van der Waals surface area contributed by atoms with Gasteiger partial charge in [0.15, 0.2) is 6.73 Å². The van der Waals surface area contributed by atoms with Gasteiger partial charge in [-0.1, -0.05) is 34.5 Å². The number of rotatable bonds is 8. The number of anilines is 3. The van der Waals surface area contributed by atoms with Crippen LogP contribution >= 0.6 is 23.2 Å². The van der Waals surface area contributed by atoms with Crippen LogP contribution in [0.3, 0.4) is 0 Å². The number of fused-ring (bicyclic) bond motifs is 1. The van der Waals surface area contributed by atoms with Crippen LogP contribution in [0.1, 0.15) is 49.3 Å². The summed E-state index contributed by atoms with van der Waals surface area (Å²) in [5, 5.41) is 25.8. The molecule has 0 saturated carbocycles. The fourth-order valence-corrected chi connectivity index (χ4v) is 4.86. The lowest BCUT2D eigenvalue weighted by Gasteiger charge is -2.21. The summed E-state index contributed by atoms with van der Waals surface area (Å²) in [6, 6.07) is 13.0. The van der Waals surface area contributed by atoms with Gasteiger partial charge in [0.1, 0.15) is 17.6 Å². The maximum atomic E-state index is 13.8. The van der Waals surface area contributed by atoms with E-state index in [1.807, 2.05) is 19.1 Å². The van der Waals surface area contributed by atoms with Crippen molar-refractivity contribution in [2.75, 3.05) is 10.6 Å². The predicted octanol–water partition coefficient (Wildman–Crippen LogP) is 7.34. The predicted molar refractivity (Wildman–Crippen MR) is 166 cm³/mol. The number of ether oxygens (including phenoxy) is 1. The maximum Gasteiger partial charge on any atom is 0.313 e. The van der Waals surface area contributed by atoms with E-state index in [1.165, 1.54) is 29.1 Å². The van der Waals surface area contributed by atoms with Crippen LogP contribution in [0, 0.1) is 29.5 Å². The third-order valence-corrected chi connectivity index (χ3v) is 7.27. The summed E-state index contributed by atoms with van der Waals surface area (Å²) < 4.78 is 20.6. The molecule has 0 aliphatic carbocycles. The van der Waals surface area contributed by atoms with Crippen LogP contribution in [0.4, 0.5) is 21.5 Å². The van der Waals surface area contributed by atoms with Crippen molar-refractivity contribution in [3.8, 4) is 6.07 Å². The number of aromatic nitrogens is 5. The topological polar surface area (TPSA) is 131 Å². The summed E-state index contributed by atoms with van der Waals surface area (Å²) in [6.45, 7) is 7.09. The number of halogens is 3. The van der Waals surface area contributed by atoms with Crippen LogP contribution in [0.5, 0.6) is 0 Å². The smallest absolute Gasteiger partial charge is 0.313 e. The first kappa shape index (κ1) is 30.7. The molecule has 5 aromatic rings. The summed E-state index contributed by atoms with van der Waals surface area (Å²) >= 11 is 12.7. The molecule has 5 rings (SSSR count). The van der Waals surface area contributed by atoms with Crippen molar-refractivity contribution < 1.29 is 13.9 Å². The number of benzene rings is 2. The molecule has 0 bridgehead atoms. The van der Waals surface area contributed by atoms with Gasteiger partial charge in [-0.05, 0) is 64.1 Å². The second-order valence-electron chi connectivity index (χ2n) is 11.0. The Kier molecular flexibility index (Phi) is 8.67. The van der Waals surface area contributed by atoms with Gasteiger partial charge in [0, 0.05) is 40.4 Å². The van der Waals surface area contributed by atoms with Gasteiger partial charge in [0.05, 0.1) is 44.5 Å². The average Bonchev–Trinajstić information content (AvgIpc) is 3.45. The molecule has 10 nitrogen and oxygen atoms in total. The number of esters is 1. The van der Waals surface area contributed by atoms with E-state index in [0.717, 1.165) is 11.3 Å². The molecular weight excluding hydrogens is 606 g/mol. The van der Waals surface area contributed by atoms with Crippen LogP contribution in [0.15, 0.2) is 61.1 Å². The quantitative estimate of drug-likeness (QED) is 0.169. The van der Waals surface area contributed by atoms with Gasteiger partial charge < -0.3 is 15.4 Å². The molecule has 0 radical (unpaired) electrons. The Labute approximate surface area is 262 Å². The fraction of sp³-hybridized carbons (Fsp3) is 0.226. The lowest BCUT2D eigenvalue weighted by Crippen LogP contribution is -2.24. The standard InChI is InChI=1S/C31H27Cl2FN8O2/c1-17-21(6-5-9-36-17)29(26-15-42(41-40-26)16-44-30(43)31(2,3)4)39-20-10-22-27(38-19-7-8-25(34)23(32)11-19)18(13-35)14-37-28(22)24(33)12-20/h5-12,14-15,29,39H,16H2,1-4H3,(H,37,38)/t29-/m0/s1. The van der Waals surface area contributed by atoms with E-state index in [-0.39, 0.29) is 23.3 Å². The summed E-state index contributed by atoms with van der Waals surface area (Å²) in [7, 11) is 0. The molecule has 3 heterocycles. The Hall–Kier alpha value is -4.79. The Bertz CT molecular complexity index is 1920. The number of carbonyl (C=O) groups is 1. The van der Waals surface area contributed by atoms with E-state index < -0.39 is 17.3 Å². The van der Waals surface area contributed by atoms with E-state index in [1.54, 1.807) is 45.3 Å². The van der Waals surface area contributed by atoms with Crippen molar-refractivity contribution in [2.24, 2.45) is 5.41 Å². The molecule has 0 amide bonds. The van der Waals surface area contributed by atoms with Crippen molar-refractivity contribution in [3.05, 3.63) is 99.4 Å². The Morgan fingerprint density at radius 2 is 1.91 bits per heavy atom. The maximum absolute atomic E-state index is 13.8. The van der Waals surface area contributed by atoms with Crippen LogP contribution in [-0.2, 0) is 16.3 Å². The van der Waals surface area contributed by atoms with E-state index in [9.17, 15) is 14.4 Å². The molecule has 3 aromatic heterocycles. The summed E-state index contributed by atoms with van der Waals surface area (Å²) in [5.41, 5.74) is 3.64. The summed E-state index contributed by atoms with van der Waals surface area (Å²) in [5.74, 6) is -0.927. The Balaban J connectivity index is 1.55. The Morgan fingerprint density at radius 1 is 1.14 bits per heavy atom. The van der Waals surface area contributed by atoms with E-state index >= 15 is 0 Å². The monoisotopic (exact) mass is 632 g/mol. The summed E-state index contributed by atoms with van der Waals surface area (Å²) in [4.78, 5) is 21.1. The van der Waals surface area contributed by atoms with Crippen LogP contribution in [-0.4, -0.2) is 30.9 Å². The van der Waals surface area contributed by atoms with Gasteiger partial charge in [0.25, 0.3) is 0 Å². The van der Waals surface area contributed by atoms with Crippen molar-refractivity contribution >= 4 is 57.1 Å². The van der Waals surface area contributed by atoms with Gasteiger partial charge in [-0.25, -0.2) is 9.07 Å². The molecule has 0 aliphatic heterocycles. The van der Waals surface area contributed by atoms with Crippen molar-refractivity contribution in [2.45, 2.75) is 40.5 Å². The molecule has 0 unspecified atom stereocenters. The number of aryl methyl sites for hydroxylation is 1. The highest BCUT2D eigenvalue weighted by Crippen LogP contribution is 2.37. The molecule has 224 valence electrons. The van der Waals surface area contributed by atoms with Crippen LogP contribution in [0.2, 0.25) is 10.0 Å². The van der Waals surface area contributed by atoms with E-state index in [2.05, 4.69) is 37.0 Å². The van der Waals surface area contributed by atoms with Gasteiger partial charge >= 0.3 is 5.97 Å². The first-order chi connectivity index (χ1) is 20.9. The first-order valence-electron chi connectivity index (χ1n) is 13.4. The minimum absolute atomic E-state index is 0.0665. The summed E-state index contributed by atoms with van der Waals surface area (Å²) in [6.07, 6.45) is 4.80. The third kappa shape index (κ3) is 6.56. The number of nitriles is 1. The van der Waals surface area contributed by atoms with Crippen molar-refractivity contribution in [1.29, 1.82) is 5.26 Å². The zero-order chi connectivity index (χ0) is 31.6. The molecule has 0 saturated heterocycles. The van der Waals surface area contributed by atoms with Crippen molar-refractivity contribution in [3.63, 3.8) is 0 Å². The van der Waals surface area contributed by atoms with Gasteiger partial charge in [-0.15, -0.1) is 5.10 Å². The zero-order valence-electron chi connectivity index (χ0n) is 24.2. The molecule has 2 aromatic carbocycles. The Morgan fingerprint density at radius 3 is 2.61 bits per heavy atom. The lowest BCUT2D eigenvalue weighted by molar-refractivity contribution is -0.157.